The monoisotopic (exact) mass is 251 g/mol. The highest BCUT2D eigenvalue weighted by Crippen LogP contribution is 2.13. The van der Waals surface area contributed by atoms with Crippen LogP contribution in [0.1, 0.15) is 6.92 Å². The van der Waals surface area contributed by atoms with Crippen molar-refractivity contribution in [2.45, 2.75) is 19.5 Å². The molecule has 0 saturated carbocycles. The maximum absolute atomic E-state index is 12.0. The Bertz CT molecular complexity index is 364. The minimum Gasteiger partial charge on any atom is -0.379 e. The van der Waals surface area contributed by atoms with Crippen molar-refractivity contribution in [2.75, 3.05) is 26.3 Å². The van der Waals surface area contributed by atoms with Crippen molar-refractivity contribution in [1.29, 1.82) is 0 Å². The molecule has 1 aromatic heterocycles. The molecular formula is C13H21N3O2. The Morgan fingerprint density at radius 3 is 2.89 bits per heavy atom. The van der Waals surface area contributed by atoms with E-state index in [0.717, 1.165) is 13.1 Å². The van der Waals surface area contributed by atoms with Gasteiger partial charge >= 0.3 is 0 Å². The van der Waals surface area contributed by atoms with Gasteiger partial charge in [0.25, 0.3) is 0 Å². The molecule has 0 aliphatic carbocycles. The zero-order valence-electron chi connectivity index (χ0n) is 10.8. The predicted molar refractivity (Wildman–Crippen MR) is 69.2 cm³/mol. The van der Waals surface area contributed by atoms with Crippen molar-refractivity contribution >= 4 is 5.91 Å². The third-order valence-electron chi connectivity index (χ3n) is 3.22. The van der Waals surface area contributed by atoms with Gasteiger partial charge in [-0.3, -0.25) is 4.79 Å². The molecule has 1 aliphatic rings. The first-order valence-electron chi connectivity index (χ1n) is 6.51. The molecule has 0 bridgehead atoms. The minimum absolute atomic E-state index is 0.0605. The van der Waals surface area contributed by atoms with Crippen LogP contribution in [-0.2, 0) is 16.1 Å². The lowest BCUT2D eigenvalue weighted by atomic mass is 10.0. The maximum atomic E-state index is 12.0. The fourth-order valence-corrected chi connectivity index (χ4v) is 2.23. The van der Waals surface area contributed by atoms with Crippen molar-refractivity contribution in [1.82, 2.24) is 15.2 Å². The molecular weight excluding hydrogens is 230 g/mol. The highest BCUT2D eigenvalue weighted by atomic mass is 16.5. The van der Waals surface area contributed by atoms with E-state index < -0.39 is 0 Å². The van der Waals surface area contributed by atoms with E-state index in [4.69, 9.17) is 4.74 Å². The first-order valence-corrected chi connectivity index (χ1v) is 6.51. The van der Waals surface area contributed by atoms with Gasteiger partial charge in [0.05, 0.1) is 19.1 Å². The van der Waals surface area contributed by atoms with Gasteiger partial charge in [0.15, 0.2) is 0 Å². The van der Waals surface area contributed by atoms with Gasteiger partial charge in [0, 0.05) is 31.5 Å². The Morgan fingerprint density at radius 2 is 2.17 bits per heavy atom. The van der Waals surface area contributed by atoms with Crippen LogP contribution >= 0.6 is 0 Å². The SMILES string of the molecule is CCNC1COCC1C(=O)NCCn1cccc1. The summed E-state index contributed by atoms with van der Waals surface area (Å²) >= 11 is 0. The molecule has 1 aliphatic heterocycles. The highest BCUT2D eigenvalue weighted by molar-refractivity contribution is 5.79. The predicted octanol–water partition coefficient (Wildman–Crippen LogP) is 0.229. The summed E-state index contributed by atoms with van der Waals surface area (Å²) in [4.78, 5) is 12.0. The number of amides is 1. The van der Waals surface area contributed by atoms with Crippen LogP contribution in [0.15, 0.2) is 24.5 Å². The number of aromatic nitrogens is 1. The van der Waals surface area contributed by atoms with Gasteiger partial charge in [-0.2, -0.15) is 0 Å². The number of carbonyl (C=O) groups excluding carboxylic acids is 1. The molecule has 18 heavy (non-hydrogen) atoms. The zero-order chi connectivity index (χ0) is 12.8. The van der Waals surface area contributed by atoms with Crippen LogP contribution in [0.2, 0.25) is 0 Å². The third kappa shape index (κ3) is 3.34. The molecule has 0 radical (unpaired) electrons. The summed E-state index contributed by atoms with van der Waals surface area (Å²) in [6.07, 6.45) is 3.98. The summed E-state index contributed by atoms with van der Waals surface area (Å²) in [5, 5.41) is 6.26. The van der Waals surface area contributed by atoms with Gasteiger partial charge in [0.1, 0.15) is 0 Å². The second kappa shape index (κ2) is 6.56. The van der Waals surface area contributed by atoms with E-state index in [0.29, 0.717) is 19.8 Å². The second-order valence-electron chi connectivity index (χ2n) is 4.52. The molecule has 2 rings (SSSR count). The highest BCUT2D eigenvalue weighted by Gasteiger charge is 2.33. The Labute approximate surface area is 108 Å². The summed E-state index contributed by atoms with van der Waals surface area (Å²) in [5.41, 5.74) is 0. The summed E-state index contributed by atoms with van der Waals surface area (Å²) in [6, 6.07) is 4.11. The van der Waals surface area contributed by atoms with Crippen LogP contribution < -0.4 is 10.6 Å². The van der Waals surface area contributed by atoms with Crippen molar-refractivity contribution in [3.63, 3.8) is 0 Å². The van der Waals surface area contributed by atoms with Crippen LogP contribution in [0.4, 0.5) is 0 Å². The van der Waals surface area contributed by atoms with E-state index in [1.54, 1.807) is 0 Å². The molecule has 1 amide bonds. The molecule has 1 fully saturated rings. The molecule has 100 valence electrons. The van der Waals surface area contributed by atoms with Crippen LogP contribution in [-0.4, -0.2) is 42.8 Å². The lowest BCUT2D eigenvalue weighted by Gasteiger charge is -2.17. The fourth-order valence-electron chi connectivity index (χ4n) is 2.23. The van der Waals surface area contributed by atoms with E-state index in [-0.39, 0.29) is 17.9 Å². The van der Waals surface area contributed by atoms with Gasteiger partial charge in [-0.25, -0.2) is 0 Å². The fraction of sp³-hybridized carbons (Fsp3) is 0.615. The lowest BCUT2D eigenvalue weighted by Crippen LogP contribution is -2.44. The van der Waals surface area contributed by atoms with E-state index in [1.807, 2.05) is 36.0 Å². The summed E-state index contributed by atoms with van der Waals surface area (Å²) in [6.45, 7) is 5.51. The van der Waals surface area contributed by atoms with Crippen LogP contribution in [0.5, 0.6) is 0 Å². The number of nitrogens with one attached hydrogen (secondary N) is 2. The number of rotatable bonds is 6. The van der Waals surface area contributed by atoms with E-state index in [1.165, 1.54) is 0 Å². The lowest BCUT2D eigenvalue weighted by molar-refractivity contribution is -0.125. The maximum Gasteiger partial charge on any atom is 0.227 e. The standard InChI is InChI=1S/C13H21N3O2/c1-2-14-12-10-18-9-11(12)13(17)15-5-8-16-6-3-4-7-16/h3-4,6-7,11-12,14H,2,5,8-10H2,1H3,(H,15,17). The van der Waals surface area contributed by atoms with Crippen LogP contribution in [0.3, 0.4) is 0 Å². The Hall–Kier alpha value is -1.33. The van der Waals surface area contributed by atoms with Crippen molar-refractivity contribution in [3.8, 4) is 0 Å². The molecule has 5 heteroatoms. The van der Waals surface area contributed by atoms with Gasteiger partial charge in [-0.15, -0.1) is 0 Å². The number of hydrogen-bond acceptors (Lipinski definition) is 3. The molecule has 0 aromatic carbocycles. The first-order chi connectivity index (χ1) is 8.81. The normalized spacial score (nSPS) is 23.2. The molecule has 1 aromatic rings. The molecule has 5 nitrogen and oxygen atoms in total. The molecule has 0 spiro atoms. The van der Waals surface area contributed by atoms with Crippen molar-refractivity contribution in [2.24, 2.45) is 5.92 Å². The van der Waals surface area contributed by atoms with Gasteiger partial charge in [-0.1, -0.05) is 6.92 Å². The van der Waals surface area contributed by atoms with Crippen molar-refractivity contribution < 1.29 is 9.53 Å². The summed E-state index contributed by atoms with van der Waals surface area (Å²) in [7, 11) is 0. The van der Waals surface area contributed by atoms with Gasteiger partial charge in [-0.05, 0) is 18.7 Å². The largest absolute Gasteiger partial charge is 0.379 e. The Balaban J connectivity index is 1.73. The topological polar surface area (TPSA) is 55.3 Å². The molecule has 2 N–H and O–H groups in total. The quantitative estimate of drug-likeness (QED) is 0.761. The van der Waals surface area contributed by atoms with Gasteiger partial charge < -0.3 is 19.9 Å². The number of nitrogens with zero attached hydrogens (tertiary/aromatic N) is 1. The number of ether oxygens (including phenoxy) is 1. The Morgan fingerprint density at radius 1 is 1.39 bits per heavy atom. The van der Waals surface area contributed by atoms with E-state index in [9.17, 15) is 4.79 Å². The average molecular weight is 251 g/mol. The van der Waals surface area contributed by atoms with E-state index >= 15 is 0 Å². The Kier molecular flexibility index (Phi) is 4.78. The van der Waals surface area contributed by atoms with Crippen LogP contribution in [0.25, 0.3) is 0 Å². The number of carbonyl (C=O) groups is 1. The average Bonchev–Trinajstić information content (AvgIpc) is 3.00. The summed E-state index contributed by atoms with van der Waals surface area (Å²) in [5.74, 6) is 0.0280. The van der Waals surface area contributed by atoms with Crippen molar-refractivity contribution in [3.05, 3.63) is 24.5 Å². The second-order valence-corrected chi connectivity index (χ2v) is 4.52. The number of likely N-dealkylation sites (N-methyl/N-ethyl adjacent to an activating group) is 1. The first kappa shape index (κ1) is 13.1. The smallest absolute Gasteiger partial charge is 0.227 e. The molecule has 1 saturated heterocycles. The van der Waals surface area contributed by atoms with E-state index in [2.05, 4.69) is 10.6 Å². The van der Waals surface area contributed by atoms with Gasteiger partial charge in [0.2, 0.25) is 5.91 Å². The molecule has 2 atom stereocenters. The zero-order valence-corrected chi connectivity index (χ0v) is 10.8. The minimum atomic E-state index is -0.0605. The third-order valence-corrected chi connectivity index (χ3v) is 3.22. The van der Waals surface area contributed by atoms with Crippen LogP contribution in [0, 0.1) is 5.92 Å². The molecule has 2 heterocycles. The number of hydrogen-bond donors (Lipinski definition) is 2. The molecule has 2 unspecified atom stereocenters. The summed E-state index contributed by atoms with van der Waals surface area (Å²) < 4.78 is 7.42.